The Hall–Kier alpha value is -2.61. The Kier molecular flexibility index (Phi) is 3.90. The summed E-state index contributed by atoms with van der Waals surface area (Å²) in [7, 11) is 1.56. The Balaban J connectivity index is 1.30. The number of amides is 1. The number of nitrogens with zero attached hydrogens (tertiary/aromatic N) is 4. The summed E-state index contributed by atoms with van der Waals surface area (Å²) >= 11 is 1.51. The zero-order valence-corrected chi connectivity index (χ0v) is 17.6. The van der Waals surface area contributed by atoms with Crippen molar-refractivity contribution in [2.24, 2.45) is 24.8 Å². The zero-order chi connectivity index (χ0) is 20.5. The highest BCUT2D eigenvalue weighted by atomic mass is 32.1. The molecule has 0 radical (unpaired) electrons. The van der Waals surface area contributed by atoms with Gasteiger partial charge in [0.05, 0.1) is 5.39 Å². The van der Waals surface area contributed by atoms with Crippen LogP contribution in [-0.2, 0) is 12.5 Å². The van der Waals surface area contributed by atoms with Crippen molar-refractivity contribution in [3.05, 3.63) is 45.3 Å². The molecule has 2 aromatic heterocycles. The Morgan fingerprint density at radius 1 is 1.07 bits per heavy atom. The first-order valence-electron chi connectivity index (χ1n) is 10.6. The quantitative estimate of drug-likeness (QED) is 0.699. The maximum Gasteiger partial charge on any atom is 0.278 e. The highest BCUT2D eigenvalue weighted by molar-refractivity contribution is 7.15. The summed E-state index contributed by atoms with van der Waals surface area (Å²) in [5.41, 5.74) is 0.165. The fraction of sp³-hybridized carbons (Fsp3) is 0.500. The lowest BCUT2D eigenvalue weighted by atomic mass is 9.50. The van der Waals surface area contributed by atoms with E-state index >= 15 is 0 Å². The fourth-order valence-corrected chi connectivity index (χ4v) is 7.44. The van der Waals surface area contributed by atoms with Crippen molar-refractivity contribution in [1.82, 2.24) is 20.0 Å². The molecule has 154 valence electrons. The predicted octanol–water partition coefficient (Wildman–Crippen LogP) is 3.51. The van der Waals surface area contributed by atoms with E-state index in [1.165, 1.54) is 54.5 Å². The van der Waals surface area contributed by atoms with Gasteiger partial charge >= 0.3 is 0 Å². The van der Waals surface area contributed by atoms with Crippen molar-refractivity contribution >= 4 is 33.1 Å². The molecule has 7 rings (SSSR count). The van der Waals surface area contributed by atoms with Gasteiger partial charge < -0.3 is 0 Å². The molecule has 0 saturated heterocycles. The summed E-state index contributed by atoms with van der Waals surface area (Å²) in [6.45, 7) is 0. The molecule has 3 aromatic rings. The minimum Gasteiger partial charge on any atom is -0.295 e. The molecule has 0 atom stereocenters. The molecule has 4 aliphatic carbocycles. The first-order chi connectivity index (χ1) is 14.5. The molecule has 1 N–H and O–H groups in total. The third-order valence-electron chi connectivity index (χ3n) is 7.31. The standard InChI is InChI=1S/C22H23N5O2S/c1-27-19(29)16-5-3-2-4-15(16)17(26-27)18(28)23-21-25-24-20(30-21)22-9-12-6-13(10-22)8-14(7-12)11-22/h2-5,12-14H,6-11H2,1H3,(H,23,25,28). The van der Waals surface area contributed by atoms with E-state index in [2.05, 4.69) is 20.6 Å². The van der Waals surface area contributed by atoms with Crippen LogP contribution < -0.4 is 10.9 Å². The smallest absolute Gasteiger partial charge is 0.278 e. The average Bonchev–Trinajstić information content (AvgIpc) is 3.19. The van der Waals surface area contributed by atoms with Crippen LogP contribution in [0.1, 0.15) is 54.0 Å². The molecular formula is C22H23N5O2S. The largest absolute Gasteiger partial charge is 0.295 e. The van der Waals surface area contributed by atoms with Crippen LogP contribution in [0, 0.1) is 17.8 Å². The second-order valence-corrected chi connectivity index (χ2v) is 10.4. The number of hydrogen-bond donors (Lipinski definition) is 1. The number of benzene rings is 1. The molecule has 0 unspecified atom stereocenters. The van der Waals surface area contributed by atoms with Crippen LogP contribution in [0.5, 0.6) is 0 Å². The van der Waals surface area contributed by atoms with Gasteiger partial charge in [0, 0.05) is 17.8 Å². The Morgan fingerprint density at radius 2 is 1.70 bits per heavy atom. The van der Waals surface area contributed by atoms with E-state index in [1.54, 1.807) is 31.3 Å². The van der Waals surface area contributed by atoms with Gasteiger partial charge in [0.1, 0.15) is 5.01 Å². The first-order valence-corrected chi connectivity index (χ1v) is 11.4. The van der Waals surface area contributed by atoms with Crippen LogP contribution in [0.3, 0.4) is 0 Å². The Bertz CT molecular complexity index is 1190. The van der Waals surface area contributed by atoms with Gasteiger partial charge in [-0.15, -0.1) is 10.2 Å². The molecule has 4 bridgehead atoms. The number of carbonyl (C=O) groups is 1. The molecule has 0 spiro atoms. The monoisotopic (exact) mass is 421 g/mol. The molecule has 1 aromatic carbocycles. The summed E-state index contributed by atoms with van der Waals surface area (Å²) in [5.74, 6) is 2.13. The summed E-state index contributed by atoms with van der Waals surface area (Å²) in [6, 6.07) is 7.05. The Labute approximate surface area is 177 Å². The van der Waals surface area contributed by atoms with Crippen molar-refractivity contribution in [3.8, 4) is 0 Å². The van der Waals surface area contributed by atoms with Gasteiger partial charge in [-0.2, -0.15) is 5.10 Å². The van der Waals surface area contributed by atoms with Crippen molar-refractivity contribution in [2.45, 2.75) is 43.9 Å². The van der Waals surface area contributed by atoms with Crippen LogP contribution in [0.2, 0.25) is 0 Å². The van der Waals surface area contributed by atoms with Gasteiger partial charge in [-0.25, -0.2) is 4.68 Å². The number of fused-ring (bicyclic) bond motifs is 1. The number of rotatable bonds is 3. The molecule has 4 saturated carbocycles. The summed E-state index contributed by atoms with van der Waals surface area (Å²) in [4.78, 5) is 25.3. The lowest BCUT2D eigenvalue weighted by Crippen LogP contribution is -2.48. The zero-order valence-electron chi connectivity index (χ0n) is 16.8. The molecule has 4 fully saturated rings. The molecular weight excluding hydrogens is 398 g/mol. The molecule has 1 amide bonds. The minimum absolute atomic E-state index is 0.164. The number of nitrogens with one attached hydrogen (secondary N) is 1. The second kappa shape index (κ2) is 6.44. The van der Waals surface area contributed by atoms with E-state index in [9.17, 15) is 9.59 Å². The molecule has 30 heavy (non-hydrogen) atoms. The van der Waals surface area contributed by atoms with E-state index in [0.717, 1.165) is 22.8 Å². The van der Waals surface area contributed by atoms with E-state index in [0.29, 0.717) is 15.9 Å². The van der Waals surface area contributed by atoms with Gasteiger partial charge in [0.25, 0.3) is 11.5 Å². The van der Waals surface area contributed by atoms with Gasteiger partial charge in [0.15, 0.2) is 5.69 Å². The molecule has 7 nitrogen and oxygen atoms in total. The topological polar surface area (TPSA) is 89.8 Å². The van der Waals surface area contributed by atoms with E-state index in [-0.39, 0.29) is 22.6 Å². The number of anilines is 1. The van der Waals surface area contributed by atoms with Crippen molar-refractivity contribution in [1.29, 1.82) is 0 Å². The average molecular weight is 422 g/mol. The molecule has 8 heteroatoms. The third-order valence-corrected chi connectivity index (χ3v) is 8.39. The van der Waals surface area contributed by atoms with Crippen LogP contribution in [0.4, 0.5) is 5.13 Å². The SMILES string of the molecule is Cn1nc(C(=O)Nc2nnc(C34CC5CC(CC(C5)C3)C4)s2)c2ccccc2c1=O. The van der Waals surface area contributed by atoms with Crippen molar-refractivity contribution in [3.63, 3.8) is 0 Å². The number of hydrogen-bond acceptors (Lipinski definition) is 6. The second-order valence-electron chi connectivity index (χ2n) is 9.39. The number of aromatic nitrogens is 4. The van der Waals surface area contributed by atoms with Gasteiger partial charge in [-0.1, -0.05) is 29.5 Å². The van der Waals surface area contributed by atoms with Crippen LogP contribution in [-0.4, -0.2) is 25.9 Å². The van der Waals surface area contributed by atoms with Crippen LogP contribution in [0.25, 0.3) is 10.8 Å². The lowest BCUT2D eigenvalue weighted by molar-refractivity contribution is -0.00555. The third kappa shape index (κ3) is 2.73. The van der Waals surface area contributed by atoms with Crippen LogP contribution in [0.15, 0.2) is 29.1 Å². The van der Waals surface area contributed by atoms with E-state index in [4.69, 9.17) is 0 Å². The molecule has 0 aliphatic heterocycles. The molecule has 2 heterocycles. The van der Waals surface area contributed by atoms with Gasteiger partial charge in [-0.05, 0) is 62.3 Å². The first kappa shape index (κ1) is 18.2. The molecule has 4 aliphatic rings. The number of aryl methyl sites for hydroxylation is 1. The maximum atomic E-state index is 13.0. The lowest BCUT2D eigenvalue weighted by Gasteiger charge is -2.55. The van der Waals surface area contributed by atoms with Crippen molar-refractivity contribution in [2.75, 3.05) is 5.32 Å². The van der Waals surface area contributed by atoms with E-state index < -0.39 is 0 Å². The summed E-state index contributed by atoms with van der Waals surface area (Å²) in [6.07, 6.45) is 7.80. The fourth-order valence-electron chi connectivity index (χ4n) is 6.48. The van der Waals surface area contributed by atoms with Crippen LogP contribution >= 0.6 is 11.3 Å². The highest BCUT2D eigenvalue weighted by Gasteiger charge is 2.53. The van der Waals surface area contributed by atoms with Crippen molar-refractivity contribution < 1.29 is 4.79 Å². The summed E-state index contributed by atoms with van der Waals surface area (Å²) < 4.78 is 1.21. The van der Waals surface area contributed by atoms with Gasteiger partial charge in [-0.3, -0.25) is 14.9 Å². The predicted molar refractivity (Wildman–Crippen MR) is 115 cm³/mol. The highest BCUT2D eigenvalue weighted by Crippen LogP contribution is 2.61. The maximum absolute atomic E-state index is 13.0. The normalized spacial score (nSPS) is 29.4. The Morgan fingerprint density at radius 3 is 2.37 bits per heavy atom. The summed E-state index contributed by atoms with van der Waals surface area (Å²) in [5, 5.41) is 18.5. The van der Waals surface area contributed by atoms with E-state index in [1.807, 2.05) is 0 Å². The minimum atomic E-state index is -0.366. The number of carbonyl (C=O) groups excluding carboxylic acids is 1. The van der Waals surface area contributed by atoms with Gasteiger partial charge in [0.2, 0.25) is 5.13 Å².